The standard InChI is InChI=1S/C15H21N5OS/c1-21-8-7-20-6-2-3-12(10-20)13-11-22-15(18-13)19-14-9-16-4-5-17-14/h4-5,9,11-12H,2-3,6-8,10H2,1H3,(H,17,18,19). The van der Waals surface area contributed by atoms with Gasteiger partial charge in [-0.2, -0.15) is 0 Å². The van der Waals surface area contributed by atoms with Gasteiger partial charge < -0.3 is 15.0 Å². The second-order valence-corrected chi connectivity index (χ2v) is 6.28. The van der Waals surface area contributed by atoms with E-state index in [1.165, 1.54) is 18.5 Å². The zero-order valence-corrected chi connectivity index (χ0v) is 13.6. The molecular weight excluding hydrogens is 298 g/mol. The summed E-state index contributed by atoms with van der Waals surface area (Å²) in [6.07, 6.45) is 7.46. The minimum absolute atomic E-state index is 0.513. The molecule has 1 aliphatic rings. The van der Waals surface area contributed by atoms with Gasteiger partial charge in [0.2, 0.25) is 0 Å². The van der Waals surface area contributed by atoms with Crippen LogP contribution in [-0.2, 0) is 4.74 Å². The molecule has 3 heterocycles. The normalized spacial score (nSPS) is 19.2. The van der Waals surface area contributed by atoms with Gasteiger partial charge in [0.1, 0.15) is 0 Å². The minimum atomic E-state index is 0.513. The molecule has 0 bridgehead atoms. The van der Waals surface area contributed by atoms with Crippen LogP contribution in [0.2, 0.25) is 0 Å². The Morgan fingerprint density at radius 3 is 3.23 bits per heavy atom. The summed E-state index contributed by atoms with van der Waals surface area (Å²) in [5.74, 6) is 1.24. The van der Waals surface area contributed by atoms with Crippen LogP contribution in [0.3, 0.4) is 0 Å². The number of piperidine rings is 1. The van der Waals surface area contributed by atoms with Gasteiger partial charge in [0, 0.05) is 43.9 Å². The first-order valence-corrected chi connectivity index (χ1v) is 8.43. The van der Waals surface area contributed by atoms with Crippen molar-refractivity contribution in [2.24, 2.45) is 0 Å². The first kappa shape index (κ1) is 15.3. The lowest BCUT2D eigenvalue weighted by Crippen LogP contribution is -2.36. The third-order valence-electron chi connectivity index (χ3n) is 3.86. The molecule has 0 aromatic carbocycles. The fraction of sp³-hybridized carbons (Fsp3) is 0.533. The second-order valence-electron chi connectivity index (χ2n) is 5.43. The van der Waals surface area contributed by atoms with Gasteiger partial charge >= 0.3 is 0 Å². The monoisotopic (exact) mass is 319 g/mol. The number of ether oxygens (including phenoxy) is 1. The molecule has 1 fully saturated rings. The largest absolute Gasteiger partial charge is 0.383 e. The van der Waals surface area contributed by atoms with E-state index < -0.39 is 0 Å². The van der Waals surface area contributed by atoms with Crippen molar-refractivity contribution in [1.82, 2.24) is 19.9 Å². The van der Waals surface area contributed by atoms with E-state index in [0.717, 1.165) is 37.2 Å². The molecule has 7 heteroatoms. The van der Waals surface area contributed by atoms with E-state index in [0.29, 0.717) is 5.92 Å². The van der Waals surface area contributed by atoms with Gasteiger partial charge in [-0.15, -0.1) is 11.3 Å². The zero-order chi connectivity index (χ0) is 15.2. The number of nitrogens with one attached hydrogen (secondary N) is 1. The molecule has 1 N–H and O–H groups in total. The Balaban J connectivity index is 1.60. The molecule has 2 aromatic heterocycles. The van der Waals surface area contributed by atoms with Crippen LogP contribution >= 0.6 is 11.3 Å². The van der Waals surface area contributed by atoms with Crippen molar-refractivity contribution in [3.63, 3.8) is 0 Å². The molecule has 22 heavy (non-hydrogen) atoms. The number of hydrogen-bond donors (Lipinski definition) is 1. The Morgan fingerprint density at radius 1 is 1.45 bits per heavy atom. The quantitative estimate of drug-likeness (QED) is 0.882. The Morgan fingerprint density at radius 2 is 2.41 bits per heavy atom. The summed E-state index contributed by atoms with van der Waals surface area (Å²) >= 11 is 1.62. The summed E-state index contributed by atoms with van der Waals surface area (Å²) in [5, 5.41) is 6.24. The van der Waals surface area contributed by atoms with Gasteiger partial charge in [-0.25, -0.2) is 9.97 Å². The van der Waals surface area contributed by atoms with Gasteiger partial charge in [-0.3, -0.25) is 4.98 Å². The number of thiazole rings is 1. The number of likely N-dealkylation sites (tertiary alicyclic amines) is 1. The Hall–Kier alpha value is -1.57. The van der Waals surface area contributed by atoms with Gasteiger partial charge in [0.25, 0.3) is 0 Å². The zero-order valence-electron chi connectivity index (χ0n) is 12.7. The highest BCUT2D eigenvalue weighted by molar-refractivity contribution is 7.13. The Labute approximate surface area is 134 Å². The molecule has 0 radical (unpaired) electrons. The summed E-state index contributed by atoms with van der Waals surface area (Å²) < 4.78 is 5.18. The van der Waals surface area contributed by atoms with Crippen LogP contribution in [0, 0.1) is 0 Å². The number of methoxy groups -OCH3 is 1. The van der Waals surface area contributed by atoms with Crippen LogP contribution in [0.4, 0.5) is 10.9 Å². The number of anilines is 2. The van der Waals surface area contributed by atoms with E-state index in [2.05, 4.69) is 25.6 Å². The van der Waals surface area contributed by atoms with Gasteiger partial charge in [0.15, 0.2) is 10.9 Å². The Kier molecular flexibility index (Phi) is 5.31. The van der Waals surface area contributed by atoms with Crippen LogP contribution in [0.1, 0.15) is 24.5 Å². The fourth-order valence-corrected chi connectivity index (χ4v) is 3.52. The van der Waals surface area contributed by atoms with Crippen molar-refractivity contribution in [2.75, 3.05) is 38.7 Å². The number of aromatic nitrogens is 3. The van der Waals surface area contributed by atoms with Gasteiger partial charge in [0.05, 0.1) is 18.5 Å². The lowest BCUT2D eigenvalue weighted by Gasteiger charge is -2.31. The molecule has 2 aromatic rings. The molecule has 0 saturated carbocycles. The summed E-state index contributed by atoms with van der Waals surface area (Å²) in [6.45, 7) is 4.03. The molecule has 0 aliphatic carbocycles. The SMILES string of the molecule is COCCN1CCCC(c2csc(Nc3cnccn3)n2)C1. The molecule has 1 saturated heterocycles. The first-order valence-electron chi connectivity index (χ1n) is 7.55. The lowest BCUT2D eigenvalue weighted by atomic mass is 9.95. The van der Waals surface area contributed by atoms with Crippen LogP contribution < -0.4 is 5.32 Å². The van der Waals surface area contributed by atoms with Crippen molar-refractivity contribution in [2.45, 2.75) is 18.8 Å². The van der Waals surface area contributed by atoms with Crippen LogP contribution in [-0.4, -0.2) is 53.2 Å². The maximum Gasteiger partial charge on any atom is 0.188 e. The third-order valence-corrected chi connectivity index (χ3v) is 4.63. The molecule has 0 amide bonds. The summed E-state index contributed by atoms with van der Waals surface area (Å²) in [7, 11) is 1.76. The highest BCUT2D eigenvalue weighted by atomic mass is 32.1. The molecule has 0 spiro atoms. The molecule has 3 rings (SSSR count). The maximum absolute atomic E-state index is 5.18. The van der Waals surface area contributed by atoms with Crippen molar-refractivity contribution >= 4 is 22.3 Å². The number of rotatable bonds is 6. The highest BCUT2D eigenvalue weighted by Gasteiger charge is 2.23. The van der Waals surface area contributed by atoms with Crippen LogP contribution in [0.5, 0.6) is 0 Å². The maximum atomic E-state index is 5.18. The van der Waals surface area contributed by atoms with E-state index in [1.807, 2.05) is 0 Å². The third kappa shape index (κ3) is 4.00. The van der Waals surface area contributed by atoms with Crippen molar-refractivity contribution < 1.29 is 4.74 Å². The van der Waals surface area contributed by atoms with E-state index in [4.69, 9.17) is 9.72 Å². The van der Waals surface area contributed by atoms with E-state index >= 15 is 0 Å². The van der Waals surface area contributed by atoms with Crippen molar-refractivity contribution in [1.29, 1.82) is 0 Å². The first-order chi connectivity index (χ1) is 10.8. The average molecular weight is 319 g/mol. The van der Waals surface area contributed by atoms with E-state index in [1.54, 1.807) is 37.0 Å². The smallest absolute Gasteiger partial charge is 0.188 e. The number of hydrogen-bond acceptors (Lipinski definition) is 7. The van der Waals surface area contributed by atoms with Crippen LogP contribution in [0.25, 0.3) is 0 Å². The summed E-state index contributed by atoms with van der Waals surface area (Å²) in [4.78, 5) is 15.5. The minimum Gasteiger partial charge on any atom is -0.383 e. The predicted octanol–water partition coefficient (Wildman–Crippen LogP) is 2.50. The summed E-state index contributed by atoms with van der Waals surface area (Å²) in [5.41, 5.74) is 1.18. The van der Waals surface area contributed by atoms with E-state index in [9.17, 15) is 0 Å². The second kappa shape index (κ2) is 7.62. The number of nitrogens with zero attached hydrogens (tertiary/aromatic N) is 4. The van der Waals surface area contributed by atoms with Gasteiger partial charge in [-0.1, -0.05) is 0 Å². The Bertz CT molecular complexity index is 576. The summed E-state index contributed by atoms with van der Waals surface area (Å²) in [6, 6.07) is 0. The fourth-order valence-electron chi connectivity index (χ4n) is 2.72. The topological polar surface area (TPSA) is 63.2 Å². The molecule has 1 atom stereocenters. The van der Waals surface area contributed by atoms with E-state index in [-0.39, 0.29) is 0 Å². The van der Waals surface area contributed by atoms with Gasteiger partial charge in [-0.05, 0) is 19.4 Å². The van der Waals surface area contributed by atoms with Crippen molar-refractivity contribution in [3.8, 4) is 0 Å². The predicted molar refractivity (Wildman–Crippen MR) is 87.7 cm³/mol. The molecule has 6 nitrogen and oxygen atoms in total. The van der Waals surface area contributed by atoms with Crippen molar-refractivity contribution in [3.05, 3.63) is 29.7 Å². The van der Waals surface area contributed by atoms with Crippen LogP contribution in [0.15, 0.2) is 24.0 Å². The molecular formula is C15H21N5OS. The molecule has 1 aliphatic heterocycles. The highest BCUT2D eigenvalue weighted by Crippen LogP contribution is 2.30. The lowest BCUT2D eigenvalue weighted by molar-refractivity contribution is 0.128. The molecule has 1 unspecified atom stereocenters. The average Bonchev–Trinajstić information content (AvgIpc) is 3.03. The molecule has 118 valence electrons.